The van der Waals surface area contributed by atoms with Crippen molar-refractivity contribution >= 4 is 0 Å². The molecule has 0 bridgehead atoms. The Labute approximate surface area is 98.0 Å². The van der Waals surface area contributed by atoms with Gasteiger partial charge in [-0.3, -0.25) is 0 Å². The smallest absolute Gasteiger partial charge is 0.109 e. The first-order valence-corrected chi connectivity index (χ1v) is 5.77. The van der Waals surface area contributed by atoms with E-state index in [-0.39, 0.29) is 5.60 Å². The van der Waals surface area contributed by atoms with E-state index >= 15 is 0 Å². The molecule has 1 heterocycles. The van der Waals surface area contributed by atoms with Gasteiger partial charge in [0.1, 0.15) is 5.82 Å². The third-order valence-corrected chi connectivity index (χ3v) is 2.90. The molecule has 1 aromatic heterocycles. The van der Waals surface area contributed by atoms with Gasteiger partial charge < -0.3 is 14.6 Å². The van der Waals surface area contributed by atoms with Crippen molar-refractivity contribution in [3.05, 3.63) is 18.2 Å². The summed E-state index contributed by atoms with van der Waals surface area (Å²) in [5.74, 6) is 1.12. The maximum atomic E-state index is 5.35. The summed E-state index contributed by atoms with van der Waals surface area (Å²) in [4.78, 5) is 4.28. The molecule has 0 amide bonds. The number of aryl methyl sites for hydroxylation is 1. The van der Waals surface area contributed by atoms with Crippen LogP contribution in [-0.2, 0) is 18.2 Å². The summed E-state index contributed by atoms with van der Waals surface area (Å²) in [6.45, 7) is 6.15. The van der Waals surface area contributed by atoms with Crippen LogP contribution >= 0.6 is 0 Å². The van der Waals surface area contributed by atoms with E-state index in [0.717, 1.165) is 31.8 Å². The number of nitrogens with one attached hydrogen (secondary N) is 1. The summed E-state index contributed by atoms with van der Waals surface area (Å²) in [5, 5.41) is 3.41. The molecule has 0 aromatic carbocycles. The van der Waals surface area contributed by atoms with Crippen molar-refractivity contribution in [3.63, 3.8) is 0 Å². The van der Waals surface area contributed by atoms with Crippen LogP contribution in [0.3, 0.4) is 0 Å². The topological polar surface area (TPSA) is 39.1 Å². The molecule has 0 aliphatic rings. The number of methoxy groups -OCH3 is 1. The van der Waals surface area contributed by atoms with Gasteiger partial charge in [0.25, 0.3) is 0 Å². The second-order valence-corrected chi connectivity index (χ2v) is 4.67. The molecule has 92 valence electrons. The van der Waals surface area contributed by atoms with Gasteiger partial charge in [-0.05, 0) is 26.8 Å². The zero-order valence-electron chi connectivity index (χ0n) is 10.8. The SMILES string of the molecule is COC(C)(C)CCNCCc1nccn1C. The fraction of sp³-hybridized carbons (Fsp3) is 0.750. The standard InChI is InChI=1S/C12H23N3O/c1-12(2,16-4)6-8-13-7-5-11-14-9-10-15(11)3/h9-10,13H,5-8H2,1-4H3. The molecule has 4 heteroatoms. The average molecular weight is 225 g/mol. The third kappa shape index (κ3) is 4.33. The molecule has 0 radical (unpaired) electrons. The first-order chi connectivity index (χ1) is 7.55. The van der Waals surface area contributed by atoms with Gasteiger partial charge >= 0.3 is 0 Å². The Bertz CT molecular complexity index is 307. The first-order valence-electron chi connectivity index (χ1n) is 5.77. The Balaban J connectivity index is 2.11. The average Bonchev–Trinajstić information content (AvgIpc) is 2.64. The van der Waals surface area contributed by atoms with Crippen molar-refractivity contribution in [3.8, 4) is 0 Å². The quantitative estimate of drug-likeness (QED) is 0.712. The molecule has 1 rings (SSSR count). The molecule has 0 fully saturated rings. The van der Waals surface area contributed by atoms with Crippen molar-refractivity contribution in [1.82, 2.24) is 14.9 Å². The summed E-state index contributed by atoms with van der Waals surface area (Å²) in [6, 6.07) is 0. The van der Waals surface area contributed by atoms with Gasteiger partial charge in [0, 0.05) is 39.5 Å². The highest BCUT2D eigenvalue weighted by atomic mass is 16.5. The Morgan fingerprint density at radius 2 is 2.19 bits per heavy atom. The van der Waals surface area contributed by atoms with Crippen LogP contribution in [0.4, 0.5) is 0 Å². The lowest BCUT2D eigenvalue weighted by Crippen LogP contribution is -2.30. The molecule has 1 N–H and O–H groups in total. The number of imidazole rings is 1. The normalized spacial score (nSPS) is 12.0. The Kier molecular flexibility index (Phi) is 4.96. The van der Waals surface area contributed by atoms with Crippen molar-refractivity contribution < 1.29 is 4.74 Å². The molecule has 0 atom stereocenters. The summed E-state index contributed by atoms with van der Waals surface area (Å²) in [5.41, 5.74) is -0.0315. The van der Waals surface area contributed by atoms with E-state index in [1.165, 1.54) is 0 Å². The van der Waals surface area contributed by atoms with Crippen LogP contribution in [0, 0.1) is 0 Å². The van der Waals surface area contributed by atoms with Crippen molar-refractivity contribution in [2.45, 2.75) is 32.3 Å². The monoisotopic (exact) mass is 225 g/mol. The lowest BCUT2D eigenvalue weighted by Gasteiger charge is -2.22. The second-order valence-electron chi connectivity index (χ2n) is 4.67. The molecule has 0 spiro atoms. The van der Waals surface area contributed by atoms with Gasteiger partial charge in [0.15, 0.2) is 0 Å². The zero-order valence-corrected chi connectivity index (χ0v) is 10.8. The third-order valence-electron chi connectivity index (χ3n) is 2.90. The van der Waals surface area contributed by atoms with E-state index < -0.39 is 0 Å². The number of hydrogen-bond acceptors (Lipinski definition) is 3. The highest BCUT2D eigenvalue weighted by Crippen LogP contribution is 2.11. The van der Waals surface area contributed by atoms with E-state index in [1.54, 1.807) is 7.11 Å². The molecular weight excluding hydrogens is 202 g/mol. The maximum absolute atomic E-state index is 5.35. The minimum Gasteiger partial charge on any atom is -0.379 e. The van der Waals surface area contributed by atoms with Crippen LogP contribution in [0.5, 0.6) is 0 Å². The molecule has 1 aromatic rings. The lowest BCUT2D eigenvalue weighted by molar-refractivity contribution is 0.0159. The number of hydrogen-bond donors (Lipinski definition) is 1. The zero-order chi connectivity index (χ0) is 12.0. The largest absolute Gasteiger partial charge is 0.379 e. The van der Waals surface area contributed by atoms with Crippen LogP contribution in [0.15, 0.2) is 12.4 Å². The minimum absolute atomic E-state index is 0.0315. The Morgan fingerprint density at radius 3 is 2.75 bits per heavy atom. The second kappa shape index (κ2) is 6.01. The Morgan fingerprint density at radius 1 is 1.44 bits per heavy atom. The summed E-state index contributed by atoms with van der Waals surface area (Å²) in [6.07, 6.45) is 5.80. The van der Waals surface area contributed by atoms with Crippen LogP contribution in [0.25, 0.3) is 0 Å². The summed E-state index contributed by atoms with van der Waals surface area (Å²) >= 11 is 0. The highest BCUT2D eigenvalue weighted by Gasteiger charge is 2.14. The number of ether oxygens (including phenoxy) is 1. The van der Waals surface area contributed by atoms with Gasteiger partial charge in [-0.15, -0.1) is 0 Å². The number of rotatable bonds is 7. The van der Waals surface area contributed by atoms with Gasteiger partial charge in [-0.1, -0.05) is 0 Å². The fourth-order valence-electron chi connectivity index (χ4n) is 1.45. The first kappa shape index (κ1) is 13.2. The van der Waals surface area contributed by atoms with Crippen molar-refractivity contribution in [2.75, 3.05) is 20.2 Å². The lowest BCUT2D eigenvalue weighted by atomic mass is 10.1. The van der Waals surface area contributed by atoms with Gasteiger partial charge in [0.2, 0.25) is 0 Å². The molecule has 16 heavy (non-hydrogen) atoms. The van der Waals surface area contributed by atoms with E-state index in [9.17, 15) is 0 Å². The van der Waals surface area contributed by atoms with E-state index in [2.05, 4.69) is 28.7 Å². The minimum atomic E-state index is -0.0315. The highest BCUT2D eigenvalue weighted by molar-refractivity contribution is 4.91. The fourth-order valence-corrected chi connectivity index (χ4v) is 1.45. The van der Waals surface area contributed by atoms with Crippen LogP contribution in [-0.4, -0.2) is 35.4 Å². The van der Waals surface area contributed by atoms with Gasteiger partial charge in [-0.2, -0.15) is 0 Å². The molecule has 0 aliphatic heterocycles. The predicted molar refractivity (Wildman–Crippen MR) is 65.5 cm³/mol. The van der Waals surface area contributed by atoms with Crippen LogP contribution < -0.4 is 5.32 Å². The van der Waals surface area contributed by atoms with E-state index in [4.69, 9.17) is 4.74 Å². The van der Waals surface area contributed by atoms with E-state index in [0.29, 0.717) is 0 Å². The van der Waals surface area contributed by atoms with Crippen LogP contribution in [0.1, 0.15) is 26.1 Å². The summed E-state index contributed by atoms with van der Waals surface area (Å²) < 4.78 is 7.41. The molecule has 0 aliphatic carbocycles. The molecule has 4 nitrogen and oxygen atoms in total. The molecular formula is C12H23N3O. The van der Waals surface area contributed by atoms with Crippen molar-refractivity contribution in [2.24, 2.45) is 7.05 Å². The summed E-state index contributed by atoms with van der Waals surface area (Å²) in [7, 11) is 3.78. The number of aromatic nitrogens is 2. The van der Waals surface area contributed by atoms with E-state index in [1.807, 2.05) is 19.4 Å². The number of nitrogens with zero attached hydrogens (tertiary/aromatic N) is 2. The maximum Gasteiger partial charge on any atom is 0.109 e. The molecule has 0 saturated heterocycles. The van der Waals surface area contributed by atoms with Gasteiger partial charge in [-0.25, -0.2) is 4.98 Å². The van der Waals surface area contributed by atoms with Gasteiger partial charge in [0.05, 0.1) is 5.60 Å². The predicted octanol–water partition coefficient (Wildman–Crippen LogP) is 1.37. The Hall–Kier alpha value is -0.870. The van der Waals surface area contributed by atoms with Crippen LogP contribution in [0.2, 0.25) is 0 Å². The molecule has 0 unspecified atom stereocenters. The van der Waals surface area contributed by atoms with Crippen molar-refractivity contribution in [1.29, 1.82) is 0 Å². The molecule has 0 saturated carbocycles.